The Bertz CT molecular complexity index is 596. The van der Waals surface area contributed by atoms with Gasteiger partial charge in [0.15, 0.2) is 0 Å². The zero-order chi connectivity index (χ0) is 15.4. The molecular weight excluding hydrogens is 270 g/mol. The standard InChI is InChI=1S/C15H19N3O3/c1-10-4-3-5-13(8-10)16-17-15(19)12-6-7-14(18(20)21)11(2)9-12/h6-7,9-10H,3-5,8H2,1-2H3,(H,17,19). The zero-order valence-electron chi connectivity index (χ0n) is 12.3. The van der Waals surface area contributed by atoms with E-state index < -0.39 is 4.92 Å². The minimum Gasteiger partial charge on any atom is -0.267 e. The monoisotopic (exact) mass is 289 g/mol. The number of hydrogen-bond donors (Lipinski definition) is 1. The van der Waals surface area contributed by atoms with Gasteiger partial charge < -0.3 is 0 Å². The molecular formula is C15H19N3O3. The van der Waals surface area contributed by atoms with Crippen LogP contribution in [0.2, 0.25) is 0 Å². The van der Waals surface area contributed by atoms with Gasteiger partial charge in [0.1, 0.15) is 0 Å². The van der Waals surface area contributed by atoms with Gasteiger partial charge in [0.05, 0.1) is 4.92 Å². The van der Waals surface area contributed by atoms with E-state index in [4.69, 9.17) is 0 Å². The molecule has 1 aromatic rings. The number of benzene rings is 1. The van der Waals surface area contributed by atoms with Gasteiger partial charge in [-0.25, -0.2) is 5.43 Å². The molecule has 1 aliphatic carbocycles. The minimum absolute atomic E-state index is 0.0129. The Morgan fingerprint density at radius 1 is 1.48 bits per heavy atom. The first-order valence-corrected chi connectivity index (χ1v) is 7.08. The van der Waals surface area contributed by atoms with Gasteiger partial charge in [-0.1, -0.05) is 6.92 Å². The van der Waals surface area contributed by atoms with Crippen molar-refractivity contribution < 1.29 is 9.72 Å². The first-order valence-electron chi connectivity index (χ1n) is 7.08. The van der Waals surface area contributed by atoms with Gasteiger partial charge in [-0.3, -0.25) is 14.9 Å². The first-order chi connectivity index (χ1) is 9.97. The third-order valence-corrected chi connectivity index (χ3v) is 3.72. The Kier molecular flexibility index (Phi) is 4.67. The summed E-state index contributed by atoms with van der Waals surface area (Å²) in [4.78, 5) is 22.3. The number of nitro groups is 1. The summed E-state index contributed by atoms with van der Waals surface area (Å²) in [7, 11) is 0. The van der Waals surface area contributed by atoms with Crippen LogP contribution >= 0.6 is 0 Å². The van der Waals surface area contributed by atoms with Crippen molar-refractivity contribution in [2.75, 3.05) is 0 Å². The zero-order valence-corrected chi connectivity index (χ0v) is 12.3. The summed E-state index contributed by atoms with van der Waals surface area (Å²) in [5.41, 5.74) is 4.42. The van der Waals surface area contributed by atoms with Gasteiger partial charge in [-0.05, 0) is 50.7 Å². The van der Waals surface area contributed by atoms with E-state index in [9.17, 15) is 14.9 Å². The van der Waals surface area contributed by atoms with Crippen molar-refractivity contribution in [3.05, 3.63) is 39.4 Å². The molecule has 21 heavy (non-hydrogen) atoms. The molecule has 0 radical (unpaired) electrons. The van der Waals surface area contributed by atoms with Crippen molar-refractivity contribution in [1.29, 1.82) is 0 Å². The van der Waals surface area contributed by atoms with Crippen molar-refractivity contribution in [1.82, 2.24) is 5.43 Å². The molecule has 1 fully saturated rings. The second-order valence-corrected chi connectivity index (χ2v) is 5.58. The number of nitrogens with zero attached hydrogens (tertiary/aromatic N) is 2. The average molecular weight is 289 g/mol. The molecule has 1 N–H and O–H groups in total. The van der Waals surface area contributed by atoms with E-state index >= 15 is 0 Å². The van der Waals surface area contributed by atoms with Crippen LogP contribution in [-0.2, 0) is 0 Å². The summed E-state index contributed by atoms with van der Waals surface area (Å²) < 4.78 is 0. The Hall–Kier alpha value is -2.24. The van der Waals surface area contributed by atoms with Crippen molar-refractivity contribution in [3.63, 3.8) is 0 Å². The van der Waals surface area contributed by atoms with Crippen LogP contribution in [0.5, 0.6) is 0 Å². The third kappa shape index (κ3) is 3.87. The van der Waals surface area contributed by atoms with Crippen LogP contribution in [0.4, 0.5) is 5.69 Å². The van der Waals surface area contributed by atoms with Crippen molar-refractivity contribution >= 4 is 17.3 Å². The fourth-order valence-corrected chi connectivity index (χ4v) is 2.56. The maximum Gasteiger partial charge on any atom is 0.272 e. The van der Waals surface area contributed by atoms with Gasteiger partial charge in [0.2, 0.25) is 0 Å². The molecule has 1 saturated carbocycles. The number of nitrogens with one attached hydrogen (secondary N) is 1. The number of rotatable bonds is 3. The topological polar surface area (TPSA) is 84.6 Å². The maximum atomic E-state index is 12.0. The fourth-order valence-electron chi connectivity index (χ4n) is 2.56. The molecule has 0 saturated heterocycles. The molecule has 6 nitrogen and oxygen atoms in total. The van der Waals surface area contributed by atoms with Gasteiger partial charge >= 0.3 is 0 Å². The molecule has 1 unspecified atom stereocenters. The van der Waals surface area contributed by atoms with E-state index in [0.717, 1.165) is 25.0 Å². The SMILES string of the molecule is Cc1cc(C(=O)NN=C2CCCC(C)C2)ccc1[N+](=O)[O-]. The minimum atomic E-state index is -0.458. The van der Waals surface area contributed by atoms with Crippen LogP contribution in [0.15, 0.2) is 23.3 Å². The summed E-state index contributed by atoms with van der Waals surface area (Å²) in [6, 6.07) is 4.31. The van der Waals surface area contributed by atoms with E-state index in [2.05, 4.69) is 17.5 Å². The highest BCUT2D eigenvalue weighted by molar-refractivity contribution is 5.96. The molecule has 1 atom stereocenters. The van der Waals surface area contributed by atoms with Crippen LogP contribution in [0.1, 0.15) is 48.5 Å². The Morgan fingerprint density at radius 2 is 2.24 bits per heavy atom. The summed E-state index contributed by atoms with van der Waals surface area (Å²) in [6.45, 7) is 3.79. The van der Waals surface area contributed by atoms with Gasteiger partial charge in [0.25, 0.3) is 11.6 Å². The summed E-state index contributed by atoms with van der Waals surface area (Å²) in [6.07, 6.45) is 4.14. The number of hydrazone groups is 1. The van der Waals surface area contributed by atoms with Gasteiger partial charge in [-0.15, -0.1) is 0 Å². The fraction of sp³-hybridized carbons (Fsp3) is 0.467. The van der Waals surface area contributed by atoms with Crippen LogP contribution in [0, 0.1) is 23.0 Å². The van der Waals surface area contributed by atoms with E-state index in [1.807, 2.05) is 0 Å². The molecule has 0 aliphatic heterocycles. The molecule has 0 heterocycles. The normalized spacial score (nSPS) is 20.3. The van der Waals surface area contributed by atoms with Crippen molar-refractivity contribution in [2.24, 2.45) is 11.0 Å². The van der Waals surface area contributed by atoms with Crippen LogP contribution in [0.25, 0.3) is 0 Å². The van der Waals surface area contributed by atoms with Gasteiger partial charge in [-0.2, -0.15) is 5.10 Å². The summed E-state index contributed by atoms with van der Waals surface area (Å²) in [5, 5.41) is 14.9. The lowest BCUT2D eigenvalue weighted by Crippen LogP contribution is -2.22. The molecule has 0 bridgehead atoms. The van der Waals surface area contributed by atoms with E-state index in [1.54, 1.807) is 6.92 Å². The first kappa shape index (κ1) is 15.2. The second kappa shape index (κ2) is 6.47. The molecule has 0 spiro atoms. The van der Waals surface area contributed by atoms with Crippen LogP contribution in [-0.4, -0.2) is 16.5 Å². The number of nitro benzene ring substituents is 1. The van der Waals surface area contributed by atoms with E-state index in [1.165, 1.54) is 24.6 Å². The van der Waals surface area contributed by atoms with Gasteiger partial charge in [0, 0.05) is 22.9 Å². The Balaban J connectivity index is 2.05. The largest absolute Gasteiger partial charge is 0.272 e. The summed E-state index contributed by atoms with van der Waals surface area (Å²) in [5.74, 6) is 0.273. The maximum absolute atomic E-state index is 12.0. The lowest BCUT2D eigenvalue weighted by Gasteiger charge is -2.18. The smallest absolute Gasteiger partial charge is 0.267 e. The summed E-state index contributed by atoms with van der Waals surface area (Å²) >= 11 is 0. The molecule has 1 aromatic carbocycles. The highest BCUT2D eigenvalue weighted by atomic mass is 16.6. The number of amides is 1. The average Bonchev–Trinajstić information content (AvgIpc) is 2.44. The lowest BCUT2D eigenvalue weighted by molar-refractivity contribution is -0.385. The predicted molar refractivity (Wildman–Crippen MR) is 80.4 cm³/mol. The molecule has 6 heteroatoms. The van der Waals surface area contributed by atoms with Crippen LogP contribution < -0.4 is 5.43 Å². The third-order valence-electron chi connectivity index (χ3n) is 3.72. The van der Waals surface area contributed by atoms with E-state index in [0.29, 0.717) is 17.0 Å². The number of carbonyl (C=O) groups is 1. The number of carbonyl (C=O) groups excluding carboxylic acids is 1. The quantitative estimate of drug-likeness (QED) is 0.685. The second-order valence-electron chi connectivity index (χ2n) is 5.58. The van der Waals surface area contributed by atoms with Crippen molar-refractivity contribution in [2.45, 2.75) is 39.5 Å². The number of aryl methyl sites for hydroxylation is 1. The Morgan fingerprint density at radius 3 is 2.86 bits per heavy atom. The molecule has 1 aliphatic rings. The lowest BCUT2D eigenvalue weighted by atomic mass is 9.89. The van der Waals surface area contributed by atoms with Crippen LogP contribution in [0.3, 0.4) is 0 Å². The molecule has 0 aromatic heterocycles. The molecule has 2 rings (SSSR count). The highest BCUT2D eigenvalue weighted by Gasteiger charge is 2.16. The highest BCUT2D eigenvalue weighted by Crippen LogP contribution is 2.21. The molecule has 112 valence electrons. The molecule has 1 amide bonds. The number of hydrogen-bond acceptors (Lipinski definition) is 4. The Labute approximate surface area is 123 Å². The van der Waals surface area contributed by atoms with E-state index in [-0.39, 0.29) is 11.6 Å². The van der Waals surface area contributed by atoms with Crippen molar-refractivity contribution in [3.8, 4) is 0 Å². The predicted octanol–water partition coefficient (Wildman–Crippen LogP) is 3.20.